The van der Waals surface area contributed by atoms with Crippen LogP contribution >= 0.6 is 0 Å². The van der Waals surface area contributed by atoms with Gasteiger partial charge >= 0.3 is 5.97 Å². The van der Waals surface area contributed by atoms with E-state index in [1.165, 1.54) is 27.9 Å². The fourth-order valence-corrected chi connectivity index (χ4v) is 2.37. The maximum atomic E-state index is 14.3. The minimum Gasteiger partial charge on any atom is -0.465 e. The highest BCUT2D eigenvalue weighted by atomic mass is 32.2. The predicted octanol–water partition coefficient (Wildman–Crippen LogP) is 2.58. The van der Waals surface area contributed by atoms with E-state index >= 15 is 0 Å². The number of esters is 1. The molecular weight excluding hydrogens is 323 g/mol. The lowest BCUT2D eigenvalue weighted by Gasteiger charge is -2.18. The molecule has 1 aromatic rings. The van der Waals surface area contributed by atoms with Crippen LogP contribution in [0.1, 0.15) is 50.7 Å². The molecule has 0 radical (unpaired) electrons. The summed E-state index contributed by atoms with van der Waals surface area (Å²) in [5, 5.41) is 0. The Kier molecular flexibility index (Phi) is 5.63. The van der Waals surface area contributed by atoms with Crippen LogP contribution in [0.3, 0.4) is 0 Å². The second-order valence-corrected chi connectivity index (χ2v) is 8.62. The Balaban J connectivity index is 3.47. The van der Waals surface area contributed by atoms with Gasteiger partial charge in [-0.3, -0.25) is 4.98 Å². The van der Waals surface area contributed by atoms with Gasteiger partial charge in [0.2, 0.25) is 0 Å². The van der Waals surface area contributed by atoms with Gasteiger partial charge in [-0.1, -0.05) is 13.8 Å². The Morgan fingerprint density at radius 1 is 1.35 bits per heavy atom. The molecule has 0 bridgehead atoms. The lowest BCUT2D eigenvalue weighted by atomic mass is 10.0. The van der Waals surface area contributed by atoms with Gasteiger partial charge in [-0.25, -0.2) is 17.6 Å². The summed E-state index contributed by atoms with van der Waals surface area (Å²) in [7, 11) is -2.68. The molecule has 1 heterocycles. The minimum atomic E-state index is -3.85. The van der Waals surface area contributed by atoms with Crippen molar-refractivity contribution in [3.63, 3.8) is 0 Å². The smallest absolute Gasteiger partial charge is 0.339 e. The van der Waals surface area contributed by atoms with Crippen molar-refractivity contribution in [3.8, 4) is 0 Å². The van der Waals surface area contributed by atoms with Gasteiger partial charge in [0.15, 0.2) is 5.82 Å². The first-order valence-corrected chi connectivity index (χ1v) is 8.43. The number of nitrogens with zero attached hydrogens (tertiary/aromatic N) is 2. The van der Waals surface area contributed by atoms with Gasteiger partial charge in [0.05, 0.1) is 23.1 Å². The molecule has 0 N–H and O–H groups in total. The molecule has 0 amide bonds. The predicted molar refractivity (Wildman–Crippen MR) is 85.6 cm³/mol. The number of hydrogen-bond donors (Lipinski definition) is 0. The summed E-state index contributed by atoms with van der Waals surface area (Å²) in [4.78, 5) is 15.2. The maximum absolute atomic E-state index is 14.3. The van der Waals surface area contributed by atoms with Crippen molar-refractivity contribution in [3.05, 3.63) is 29.3 Å². The second kappa shape index (κ2) is 6.74. The molecule has 128 valence electrons. The molecule has 6 nitrogen and oxygen atoms in total. The molecule has 1 rings (SSSR count). The number of sulfonamides is 1. The number of aromatic nitrogens is 1. The summed E-state index contributed by atoms with van der Waals surface area (Å²) in [6.07, 6.45) is 1.13. The summed E-state index contributed by atoms with van der Waals surface area (Å²) >= 11 is 0. The molecule has 0 aromatic carbocycles. The number of rotatable bonds is 4. The third kappa shape index (κ3) is 4.34. The van der Waals surface area contributed by atoms with E-state index < -0.39 is 26.6 Å². The van der Waals surface area contributed by atoms with Crippen LogP contribution in [-0.4, -0.2) is 36.9 Å². The van der Waals surface area contributed by atoms with Gasteiger partial charge < -0.3 is 4.74 Å². The van der Waals surface area contributed by atoms with Crippen molar-refractivity contribution in [2.24, 2.45) is 10.3 Å². The first kappa shape index (κ1) is 19.2. The van der Waals surface area contributed by atoms with Crippen molar-refractivity contribution in [2.45, 2.75) is 39.4 Å². The van der Waals surface area contributed by atoms with Crippen LogP contribution in [0.25, 0.3) is 0 Å². The van der Waals surface area contributed by atoms with E-state index in [1.54, 1.807) is 13.8 Å². The van der Waals surface area contributed by atoms with Gasteiger partial charge in [0, 0.05) is 6.20 Å². The monoisotopic (exact) mass is 344 g/mol. The van der Waals surface area contributed by atoms with E-state index in [9.17, 15) is 17.6 Å². The Labute approximate surface area is 135 Å². The molecule has 0 atom stereocenters. The summed E-state index contributed by atoms with van der Waals surface area (Å²) in [6.45, 7) is 7.90. The molecule has 0 unspecified atom stereocenters. The fourth-order valence-electron chi connectivity index (χ4n) is 1.54. The second-order valence-electron chi connectivity index (χ2n) is 6.26. The topological polar surface area (TPSA) is 85.7 Å². The highest BCUT2D eigenvalue weighted by Gasteiger charge is 2.30. The molecule has 0 fully saturated rings. The Morgan fingerprint density at radius 3 is 2.30 bits per heavy atom. The molecule has 0 aliphatic rings. The maximum Gasteiger partial charge on any atom is 0.339 e. The fraction of sp³-hybridized carbons (Fsp3) is 0.533. The third-order valence-corrected chi connectivity index (χ3v) is 5.03. The number of pyridine rings is 1. The van der Waals surface area contributed by atoms with Crippen LogP contribution in [-0.2, 0) is 14.8 Å². The van der Waals surface area contributed by atoms with Crippen LogP contribution in [0, 0.1) is 11.7 Å². The molecule has 0 aliphatic carbocycles. The zero-order valence-electron chi connectivity index (χ0n) is 14.0. The van der Waals surface area contributed by atoms with Crippen molar-refractivity contribution in [2.75, 3.05) is 7.11 Å². The summed E-state index contributed by atoms with van der Waals surface area (Å²) in [5.41, 5.74) is -0.246. The number of carbonyl (C=O) groups excluding carboxylic acids is 1. The highest BCUT2D eigenvalue weighted by molar-refractivity contribution is 7.91. The van der Waals surface area contributed by atoms with Crippen molar-refractivity contribution in [1.29, 1.82) is 0 Å². The quantitative estimate of drug-likeness (QED) is 0.619. The Morgan fingerprint density at radius 2 is 1.91 bits per heavy atom. The SMILES string of the molecule is COC(=O)c1cnc(C(=NS(=O)(=O)C(C)(C)C)C(C)C)c(F)c1. The third-order valence-electron chi connectivity index (χ3n) is 3.04. The molecule has 0 spiro atoms. The first-order chi connectivity index (χ1) is 10.4. The molecule has 1 aromatic heterocycles. The first-order valence-electron chi connectivity index (χ1n) is 6.99. The van der Waals surface area contributed by atoms with E-state index in [-0.39, 0.29) is 22.9 Å². The largest absolute Gasteiger partial charge is 0.465 e. The molecule has 8 heteroatoms. The average Bonchev–Trinajstić information content (AvgIpc) is 2.42. The summed E-state index contributed by atoms with van der Waals surface area (Å²) in [5.74, 6) is -1.93. The van der Waals surface area contributed by atoms with E-state index in [0.717, 1.165) is 12.3 Å². The zero-order chi connectivity index (χ0) is 18.0. The molecule has 0 aliphatic heterocycles. The molecule has 23 heavy (non-hydrogen) atoms. The van der Waals surface area contributed by atoms with Gasteiger partial charge in [-0.05, 0) is 32.8 Å². The standard InChI is InChI=1S/C15H21FN2O4S/c1-9(2)12(18-23(20,21)15(3,4)5)13-11(16)7-10(8-17-13)14(19)22-6/h7-9H,1-6H3. The normalized spacial score (nSPS) is 13.3. The van der Waals surface area contributed by atoms with Crippen molar-refractivity contribution < 1.29 is 22.3 Å². The van der Waals surface area contributed by atoms with E-state index in [0.29, 0.717) is 0 Å². The summed E-state index contributed by atoms with van der Waals surface area (Å²) in [6, 6.07) is 0.954. The zero-order valence-corrected chi connectivity index (χ0v) is 14.9. The van der Waals surface area contributed by atoms with Crippen molar-refractivity contribution in [1.82, 2.24) is 4.98 Å². The van der Waals surface area contributed by atoms with Gasteiger partial charge in [0.25, 0.3) is 10.0 Å². The van der Waals surface area contributed by atoms with Crippen LogP contribution in [0.2, 0.25) is 0 Å². The van der Waals surface area contributed by atoms with Crippen LogP contribution in [0.4, 0.5) is 4.39 Å². The highest BCUT2D eigenvalue weighted by Crippen LogP contribution is 2.21. The average molecular weight is 344 g/mol. The van der Waals surface area contributed by atoms with E-state index in [4.69, 9.17) is 0 Å². The molecular formula is C15H21FN2O4S. The summed E-state index contributed by atoms with van der Waals surface area (Å²) < 4.78 is 46.0. The lowest BCUT2D eigenvalue weighted by molar-refractivity contribution is 0.0599. The number of methoxy groups -OCH3 is 1. The van der Waals surface area contributed by atoms with Crippen LogP contribution < -0.4 is 0 Å². The number of halogens is 1. The minimum absolute atomic E-state index is 0.00819. The number of ether oxygens (including phenoxy) is 1. The number of carbonyl (C=O) groups is 1. The Hall–Kier alpha value is -1.83. The van der Waals surface area contributed by atoms with Crippen LogP contribution in [0.5, 0.6) is 0 Å². The van der Waals surface area contributed by atoms with Gasteiger partial charge in [-0.15, -0.1) is 0 Å². The van der Waals surface area contributed by atoms with Gasteiger partial charge in [0.1, 0.15) is 5.69 Å². The van der Waals surface area contributed by atoms with Crippen molar-refractivity contribution >= 4 is 21.7 Å². The lowest BCUT2D eigenvalue weighted by Crippen LogP contribution is -2.28. The van der Waals surface area contributed by atoms with Crippen LogP contribution in [0.15, 0.2) is 16.7 Å². The number of hydrogen-bond acceptors (Lipinski definition) is 5. The molecule has 0 saturated heterocycles. The van der Waals surface area contributed by atoms with E-state index in [1.807, 2.05) is 0 Å². The Bertz CT molecular complexity index is 734. The molecule has 0 saturated carbocycles. The van der Waals surface area contributed by atoms with Gasteiger partial charge in [-0.2, -0.15) is 4.40 Å². The van der Waals surface area contributed by atoms with E-state index in [2.05, 4.69) is 14.1 Å².